The Labute approximate surface area is 229 Å². The number of benzene rings is 2. The zero-order chi connectivity index (χ0) is 29.5. The molecular formula is C29H29F3N4O4. The van der Waals surface area contributed by atoms with Crippen molar-refractivity contribution in [2.24, 2.45) is 5.73 Å². The molecule has 1 heterocycles. The Hall–Kier alpha value is -4.59. The van der Waals surface area contributed by atoms with Crippen LogP contribution in [0.3, 0.4) is 0 Å². The highest BCUT2D eigenvalue weighted by atomic mass is 19.4. The topological polar surface area (TPSA) is 127 Å². The van der Waals surface area contributed by atoms with Gasteiger partial charge in [-0.2, -0.15) is 18.4 Å². The summed E-state index contributed by atoms with van der Waals surface area (Å²) in [6, 6.07) is 17.7. The first-order valence-corrected chi connectivity index (χ1v) is 12.3. The Morgan fingerprint density at radius 3 is 2.38 bits per heavy atom. The van der Waals surface area contributed by atoms with E-state index in [2.05, 4.69) is 16.4 Å². The van der Waals surface area contributed by atoms with Crippen LogP contribution in [-0.2, 0) is 22.2 Å². The van der Waals surface area contributed by atoms with Crippen molar-refractivity contribution in [1.29, 1.82) is 5.26 Å². The summed E-state index contributed by atoms with van der Waals surface area (Å²) in [7, 11) is 0. The number of halogens is 3. The lowest BCUT2D eigenvalue weighted by Crippen LogP contribution is -2.51. The lowest BCUT2D eigenvalue weighted by molar-refractivity contribution is -0.138. The number of nitrogens with one attached hydrogen (secondary N) is 1. The normalized spacial score (nSPS) is 13.0. The number of aromatic nitrogens is 1. The van der Waals surface area contributed by atoms with Gasteiger partial charge in [-0.05, 0) is 68.7 Å². The highest BCUT2D eigenvalue weighted by Crippen LogP contribution is 2.30. The second kappa shape index (κ2) is 12.5. The number of carbonyl (C=O) groups excluding carboxylic acids is 2. The van der Waals surface area contributed by atoms with E-state index in [9.17, 15) is 28.0 Å². The molecule has 40 heavy (non-hydrogen) atoms. The molecule has 0 fully saturated rings. The van der Waals surface area contributed by atoms with Crippen molar-refractivity contribution in [3.05, 3.63) is 89.1 Å². The molecule has 0 saturated heterocycles. The molecule has 0 radical (unpaired) electrons. The van der Waals surface area contributed by atoms with E-state index in [4.69, 9.17) is 15.2 Å². The Morgan fingerprint density at radius 2 is 1.80 bits per heavy atom. The summed E-state index contributed by atoms with van der Waals surface area (Å²) in [6.07, 6.45) is -3.41. The molecule has 0 aliphatic carbocycles. The van der Waals surface area contributed by atoms with Crippen LogP contribution in [0.1, 0.15) is 48.9 Å². The molecule has 3 aromatic rings. The first-order chi connectivity index (χ1) is 18.8. The maximum Gasteiger partial charge on any atom is 0.417 e. The zero-order valence-corrected chi connectivity index (χ0v) is 22.2. The van der Waals surface area contributed by atoms with E-state index in [0.717, 1.165) is 23.3 Å². The van der Waals surface area contributed by atoms with Gasteiger partial charge in [0.1, 0.15) is 5.75 Å². The van der Waals surface area contributed by atoms with Crippen molar-refractivity contribution in [2.75, 3.05) is 6.61 Å². The van der Waals surface area contributed by atoms with Crippen LogP contribution in [0.4, 0.5) is 13.2 Å². The van der Waals surface area contributed by atoms with Crippen LogP contribution in [-0.4, -0.2) is 35.0 Å². The van der Waals surface area contributed by atoms with Gasteiger partial charge in [0.15, 0.2) is 12.2 Å². The molecule has 2 amide bonds. The number of hydrogen-bond donors (Lipinski definition) is 2. The average molecular weight is 555 g/mol. The van der Waals surface area contributed by atoms with Gasteiger partial charge in [-0.15, -0.1) is 0 Å². The second-order valence-corrected chi connectivity index (χ2v) is 9.70. The molecule has 2 atom stereocenters. The molecule has 210 valence electrons. The maximum atomic E-state index is 13.2. The molecule has 0 spiro atoms. The summed E-state index contributed by atoms with van der Waals surface area (Å²) in [6.45, 7) is 4.55. The number of rotatable bonds is 11. The van der Waals surface area contributed by atoms with E-state index in [0.29, 0.717) is 23.9 Å². The molecule has 0 bridgehead atoms. The predicted molar refractivity (Wildman–Crippen MR) is 140 cm³/mol. The van der Waals surface area contributed by atoms with Crippen molar-refractivity contribution in [1.82, 2.24) is 10.3 Å². The molecule has 0 aliphatic heterocycles. The Balaban J connectivity index is 1.78. The minimum atomic E-state index is -4.54. The van der Waals surface area contributed by atoms with Gasteiger partial charge >= 0.3 is 6.18 Å². The summed E-state index contributed by atoms with van der Waals surface area (Å²) in [5.74, 6) is -1.01. The summed E-state index contributed by atoms with van der Waals surface area (Å²) in [5.41, 5.74) is 4.93. The van der Waals surface area contributed by atoms with Crippen molar-refractivity contribution in [2.45, 2.75) is 50.9 Å². The second-order valence-electron chi connectivity index (χ2n) is 9.70. The van der Waals surface area contributed by atoms with E-state index >= 15 is 0 Å². The Morgan fingerprint density at radius 1 is 1.10 bits per heavy atom. The zero-order valence-electron chi connectivity index (χ0n) is 22.2. The fraction of sp³-hybridized carbons (Fsp3) is 0.310. The van der Waals surface area contributed by atoms with Crippen LogP contribution in [0.2, 0.25) is 0 Å². The standard InChI is InChI=1S/C29H29F3N4O4/c1-18(36-27(38)28(2,3)40-26-12-9-22(16-35-26)29(30,31)32)24(21-6-4-5-20(13-21)15-33)14-19-7-10-23(11-8-19)39-17-25(34)37/h4-13,16,18,24H,14,17H2,1-3H3,(H2,34,37)(H,36,38). The van der Waals surface area contributed by atoms with E-state index in [1.807, 2.05) is 25.1 Å². The molecule has 3 rings (SSSR count). The fourth-order valence-electron chi connectivity index (χ4n) is 3.95. The van der Waals surface area contributed by atoms with Gasteiger partial charge in [0.25, 0.3) is 11.8 Å². The van der Waals surface area contributed by atoms with E-state index in [1.165, 1.54) is 13.8 Å². The number of hydrogen-bond acceptors (Lipinski definition) is 6. The highest BCUT2D eigenvalue weighted by molar-refractivity contribution is 5.85. The number of alkyl halides is 3. The summed E-state index contributed by atoms with van der Waals surface area (Å²) >= 11 is 0. The smallest absolute Gasteiger partial charge is 0.417 e. The van der Waals surface area contributed by atoms with Crippen molar-refractivity contribution < 1.29 is 32.2 Å². The molecule has 3 N–H and O–H groups in total. The largest absolute Gasteiger partial charge is 0.484 e. The van der Waals surface area contributed by atoms with Crippen molar-refractivity contribution >= 4 is 11.8 Å². The van der Waals surface area contributed by atoms with Crippen LogP contribution in [0, 0.1) is 11.3 Å². The van der Waals surface area contributed by atoms with Crippen LogP contribution in [0.15, 0.2) is 66.9 Å². The molecule has 11 heteroatoms. The molecule has 2 aromatic carbocycles. The molecule has 8 nitrogen and oxygen atoms in total. The van der Waals surface area contributed by atoms with Gasteiger partial charge in [-0.3, -0.25) is 9.59 Å². The third kappa shape index (κ3) is 8.20. The number of amides is 2. The van der Waals surface area contributed by atoms with E-state index < -0.39 is 35.2 Å². The summed E-state index contributed by atoms with van der Waals surface area (Å²) < 4.78 is 49.5. The average Bonchev–Trinajstić information content (AvgIpc) is 2.90. The molecule has 1 aromatic heterocycles. The third-order valence-corrected chi connectivity index (χ3v) is 6.14. The van der Waals surface area contributed by atoms with E-state index in [1.54, 1.807) is 30.3 Å². The number of ether oxygens (including phenoxy) is 2. The number of pyridine rings is 1. The molecule has 2 unspecified atom stereocenters. The fourth-order valence-corrected chi connectivity index (χ4v) is 3.95. The van der Waals surface area contributed by atoms with Crippen molar-refractivity contribution in [3.8, 4) is 17.7 Å². The number of primary amides is 1. The lowest BCUT2D eigenvalue weighted by Gasteiger charge is -2.30. The third-order valence-electron chi connectivity index (χ3n) is 6.14. The summed E-state index contributed by atoms with van der Waals surface area (Å²) in [4.78, 5) is 27.9. The first-order valence-electron chi connectivity index (χ1n) is 12.3. The molecule has 0 aliphatic rings. The first kappa shape index (κ1) is 30.0. The molecular weight excluding hydrogens is 525 g/mol. The van der Waals surface area contributed by atoms with Crippen molar-refractivity contribution in [3.63, 3.8) is 0 Å². The maximum absolute atomic E-state index is 13.2. The Kier molecular flexibility index (Phi) is 9.37. The SMILES string of the molecule is CC(NC(=O)C(C)(C)Oc1ccc(C(F)(F)F)cn1)C(Cc1ccc(OCC(N)=O)cc1)c1cccc(C#N)c1. The van der Waals surface area contributed by atoms with Gasteiger partial charge in [0.05, 0.1) is 17.2 Å². The highest BCUT2D eigenvalue weighted by Gasteiger charge is 2.34. The lowest BCUT2D eigenvalue weighted by atomic mass is 9.85. The van der Waals surface area contributed by atoms with Gasteiger partial charge in [0, 0.05) is 24.2 Å². The van der Waals surface area contributed by atoms with Gasteiger partial charge in [-0.1, -0.05) is 24.3 Å². The van der Waals surface area contributed by atoms with Crippen LogP contribution in [0.25, 0.3) is 0 Å². The number of nitrogens with two attached hydrogens (primary N) is 1. The van der Waals surface area contributed by atoms with E-state index in [-0.39, 0.29) is 18.4 Å². The van der Waals surface area contributed by atoms with Gasteiger partial charge in [-0.25, -0.2) is 4.98 Å². The predicted octanol–water partition coefficient (Wildman–Crippen LogP) is 4.52. The van der Waals surface area contributed by atoms with Gasteiger partial charge < -0.3 is 20.5 Å². The minimum Gasteiger partial charge on any atom is -0.484 e. The quantitative estimate of drug-likeness (QED) is 0.359. The minimum absolute atomic E-state index is 0.127. The number of nitriles is 1. The molecule has 0 saturated carbocycles. The number of nitrogens with zero attached hydrogens (tertiary/aromatic N) is 2. The summed E-state index contributed by atoms with van der Waals surface area (Å²) in [5, 5.41) is 12.3. The van der Waals surface area contributed by atoms with Crippen LogP contribution in [0.5, 0.6) is 11.6 Å². The van der Waals surface area contributed by atoms with Crippen LogP contribution < -0.4 is 20.5 Å². The number of carbonyl (C=O) groups is 2. The Bertz CT molecular complexity index is 1370. The van der Waals surface area contributed by atoms with Gasteiger partial charge in [0.2, 0.25) is 5.88 Å². The van der Waals surface area contributed by atoms with Crippen LogP contribution >= 0.6 is 0 Å². The monoisotopic (exact) mass is 554 g/mol.